The molecular weight excluding hydrogens is 385 g/mol. The molecule has 5 nitrogen and oxygen atoms in total. The van der Waals surface area contributed by atoms with Crippen LogP contribution in [0, 0.1) is 5.92 Å². The first-order valence-corrected chi connectivity index (χ1v) is 10.5. The van der Waals surface area contributed by atoms with Crippen LogP contribution in [0.4, 0.5) is 4.79 Å². The van der Waals surface area contributed by atoms with E-state index in [0.717, 1.165) is 0 Å². The molecule has 1 rings (SSSR count). The smallest absolute Gasteiger partial charge is 0.407 e. The highest BCUT2D eigenvalue weighted by molar-refractivity contribution is 7.91. The molecule has 0 spiro atoms. The standard InChI is InChI=1S/C17H25Cl2NO4S/c1-10(2)16(20-17(21)24-11(3)4)9-25(22,23)12(5)13-6-7-14(18)15(19)8-13/h6-8,10-12,16H,9H2,1-5H3,(H,20,21). The average molecular weight is 410 g/mol. The summed E-state index contributed by atoms with van der Waals surface area (Å²) in [6.07, 6.45) is -0.898. The number of rotatable bonds is 7. The lowest BCUT2D eigenvalue weighted by Gasteiger charge is -2.24. The van der Waals surface area contributed by atoms with Gasteiger partial charge >= 0.3 is 6.09 Å². The molecule has 1 amide bonds. The number of sulfone groups is 1. The Bertz CT molecular complexity index is 705. The van der Waals surface area contributed by atoms with Crippen molar-refractivity contribution < 1.29 is 17.9 Å². The van der Waals surface area contributed by atoms with Gasteiger partial charge in [0.1, 0.15) is 0 Å². The van der Waals surface area contributed by atoms with Crippen LogP contribution < -0.4 is 5.32 Å². The molecule has 0 aliphatic carbocycles. The van der Waals surface area contributed by atoms with Crippen LogP contribution in [0.5, 0.6) is 0 Å². The lowest BCUT2D eigenvalue weighted by molar-refractivity contribution is 0.111. The number of ether oxygens (including phenoxy) is 1. The molecule has 25 heavy (non-hydrogen) atoms. The maximum absolute atomic E-state index is 12.8. The van der Waals surface area contributed by atoms with E-state index in [2.05, 4.69) is 5.32 Å². The summed E-state index contributed by atoms with van der Waals surface area (Å²) in [6, 6.07) is 4.21. The predicted molar refractivity (Wildman–Crippen MR) is 102 cm³/mol. The summed E-state index contributed by atoms with van der Waals surface area (Å²) < 4.78 is 30.6. The van der Waals surface area contributed by atoms with Crippen LogP contribution in [0.2, 0.25) is 10.0 Å². The largest absolute Gasteiger partial charge is 0.447 e. The molecule has 0 fully saturated rings. The first-order valence-electron chi connectivity index (χ1n) is 8.07. The van der Waals surface area contributed by atoms with Gasteiger partial charge in [0.25, 0.3) is 0 Å². The Labute approximate surface area is 160 Å². The van der Waals surface area contributed by atoms with E-state index >= 15 is 0 Å². The molecule has 0 aromatic heterocycles. The molecule has 2 atom stereocenters. The number of nitrogens with one attached hydrogen (secondary N) is 1. The Morgan fingerprint density at radius 2 is 1.72 bits per heavy atom. The SMILES string of the molecule is CC(C)OC(=O)NC(CS(=O)(=O)C(C)c1ccc(Cl)c(Cl)c1)C(C)C. The van der Waals surface area contributed by atoms with E-state index in [9.17, 15) is 13.2 Å². The lowest BCUT2D eigenvalue weighted by Crippen LogP contribution is -2.44. The van der Waals surface area contributed by atoms with Gasteiger partial charge in [0.15, 0.2) is 9.84 Å². The van der Waals surface area contributed by atoms with Crippen molar-refractivity contribution in [1.29, 1.82) is 0 Å². The topological polar surface area (TPSA) is 72.5 Å². The summed E-state index contributed by atoms with van der Waals surface area (Å²) in [5, 5.41) is 2.55. The van der Waals surface area contributed by atoms with Crippen molar-refractivity contribution in [1.82, 2.24) is 5.32 Å². The fraction of sp³-hybridized carbons (Fsp3) is 0.588. The van der Waals surface area contributed by atoms with E-state index in [1.54, 1.807) is 39.0 Å². The number of amides is 1. The highest BCUT2D eigenvalue weighted by Gasteiger charge is 2.30. The van der Waals surface area contributed by atoms with Crippen LogP contribution in [-0.4, -0.2) is 32.4 Å². The fourth-order valence-corrected chi connectivity index (χ4v) is 4.29. The van der Waals surface area contributed by atoms with E-state index in [1.807, 2.05) is 13.8 Å². The molecule has 2 unspecified atom stereocenters. The molecule has 0 aliphatic rings. The Morgan fingerprint density at radius 3 is 2.20 bits per heavy atom. The van der Waals surface area contributed by atoms with Crippen molar-refractivity contribution >= 4 is 39.1 Å². The number of hydrogen-bond acceptors (Lipinski definition) is 4. The van der Waals surface area contributed by atoms with Crippen molar-refractivity contribution in [2.75, 3.05) is 5.75 Å². The molecule has 1 aromatic rings. The van der Waals surface area contributed by atoms with Crippen LogP contribution >= 0.6 is 23.2 Å². The van der Waals surface area contributed by atoms with Gasteiger partial charge in [-0.1, -0.05) is 43.1 Å². The van der Waals surface area contributed by atoms with Gasteiger partial charge in [-0.15, -0.1) is 0 Å². The number of alkyl carbamates (subject to hydrolysis) is 1. The summed E-state index contributed by atoms with van der Waals surface area (Å²) in [5.41, 5.74) is 0.557. The molecule has 1 aromatic carbocycles. The van der Waals surface area contributed by atoms with Gasteiger partial charge in [-0.2, -0.15) is 0 Å². The Morgan fingerprint density at radius 1 is 1.12 bits per heavy atom. The second-order valence-corrected chi connectivity index (χ2v) is 9.77. The predicted octanol–water partition coefficient (Wildman–Crippen LogP) is 4.63. The van der Waals surface area contributed by atoms with E-state index < -0.39 is 27.2 Å². The summed E-state index contributed by atoms with van der Waals surface area (Å²) in [7, 11) is -3.53. The number of benzene rings is 1. The number of carbonyl (C=O) groups excluding carboxylic acids is 1. The summed E-state index contributed by atoms with van der Waals surface area (Å²) in [6.45, 7) is 8.75. The van der Waals surface area contributed by atoms with Crippen molar-refractivity contribution in [2.24, 2.45) is 5.92 Å². The normalized spacial score (nSPS) is 14.4. The van der Waals surface area contributed by atoms with Crippen molar-refractivity contribution in [3.8, 4) is 0 Å². The summed E-state index contributed by atoms with van der Waals surface area (Å²) in [5.74, 6) is -0.269. The van der Waals surface area contributed by atoms with Crippen molar-refractivity contribution in [3.63, 3.8) is 0 Å². The molecule has 1 N–H and O–H groups in total. The van der Waals surface area contributed by atoms with Gasteiger partial charge in [0, 0.05) is 6.04 Å². The van der Waals surface area contributed by atoms with Crippen LogP contribution in [-0.2, 0) is 14.6 Å². The first kappa shape index (κ1) is 22.1. The molecule has 8 heteroatoms. The van der Waals surface area contributed by atoms with Crippen LogP contribution in [0.1, 0.15) is 45.4 Å². The van der Waals surface area contributed by atoms with Crippen LogP contribution in [0.15, 0.2) is 18.2 Å². The third-order valence-electron chi connectivity index (χ3n) is 3.81. The monoisotopic (exact) mass is 409 g/mol. The Kier molecular flexibility index (Phi) is 8.03. The summed E-state index contributed by atoms with van der Waals surface area (Å²) in [4.78, 5) is 11.8. The number of carbonyl (C=O) groups is 1. The second kappa shape index (κ2) is 9.10. The van der Waals surface area contributed by atoms with Crippen LogP contribution in [0.3, 0.4) is 0 Å². The van der Waals surface area contributed by atoms with Gasteiger partial charge < -0.3 is 10.1 Å². The Balaban J connectivity index is 2.94. The van der Waals surface area contributed by atoms with E-state index in [1.165, 1.54) is 0 Å². The Hall–Kier alpha value is -0.980. The molecule has 0 aliphatic heterocycles. The molecule has 0 saturated heterocycles. The highest BCUT2D eigenvalue weighted by Crippen LogP contribution is 2.30. The summed E-state index contributed by atoms with van der Waals surface area (Å²) >= 11 is 11.9. The molecule has 0 saturated carbocycles. The minimum Gasteiger partial charge on any atom is -0.447 e. The van der Waals surface area contributed by atoms with Gasteiger partial charge in [-0.05, 0) is 44.4 Å². The minimum atomic E-state index is -3.53. The number of hydrogen-bond donors (Lipinski definition) is 1. The maximum Gasteiger partial charge on any atom is 0.407 e. The van der Waals surface area contributed by atoms with Crippen molar-refractivity contribution in [3.05, 3.63) is 33.8 Å². The first-order chi connectivity index (χ1) is 11.4. The lowest BCUT2D eigenvalue weighted by atomic mass is 10.1. The van der Waals surface area contributed by atoms with Gasteiger partial charge in [-0.3, -0.25) is 0 Å². The van der Waals surface area contributed by atoms with E-state index in [4.69, 9.17) is 27.9 Å². The zero-order valence-corrected chi connectivity index (χ0v) is 17.4. The molecule has 0 heterocycles. The third-order valence-corrected chi connectivity index (χ3v) is 6.73. The van der Waals surface area contributed by atoms with Gasteiger partial charge in [0.2, 0.25) is 0 Å². The van der Waals surface area contributed by atoms with E-state index in [0.29, 0.717) is 15.6 Å². The quantitative estimate of drug-likeness (QED) is 0.712. The fourth-order valence-electron chi connectivity index (χ4n) is 2.17. The zero-order chi connectivity index (χ0) is 19.4. The molecule has 0 radical (unpaired) electrons. The number of halogens is 2. The molecule has 142 valence electrons. The second-order valence-electron chi connectivity index (χ2n) is 6.59. The van der Waals surface area contributed by atoms with Crippen molar-refractivity contribution in [2.45, 2.75) is 52.0 Å². The van der Waals surface area contributed by atoms with Crippen LogP contribution in [0.25, 0.3) is 0 Å². The maximum atomic E-state index is 12.8. The highest BCUT2D eigenvalue weighted by atomic mass is 35.5. The van der Waals surface area contributed by atoms with Gasteiger partial charge in [0.05, 0.1) is 27.2 Å². The average Bonchev–Trinajstić information content (AvgIpc) is 2.47. The molecule has 0 bridgehead atoms. The third kappa shape index (κ3) is 6.68. The van der Waals surface area contributed by atoms with E-state index in [-0.39, 0.29) is 17.8 Å². The molecular formula is C17H25Cl2NO4S. The minimum absolute atomic E-state index is 0.0736. The zero-order valence-electron chi connectivity index (χ0n) is 15.0. The van der Waals surface area contributed by atoms with Gasteiger partial charge in [-0.25, -0.2) is 13.2 Å².